The minimum absolute atomic E-state index is 0.0272. The Morgan fingerprint density at radius 2 is 1.58 bits per heavy atom. The fourth-order valence-corrected chi connectivity index (χ4v) is 3.98. The van der Waals surface area contributed by atoms with Crippen LogP contribution >= 0.6 is 11.8 Å². The molecule has 0 saturated heterocycles. The maximum atomic E-state index is 12.9. The highest BCUT2D eigenvalue weighted by molar-refractivity contribution is 8.13. The molecule has 1 aromatic carbocycles. The Labute approximate surface area is 152 Å². The Balaban J connectivity index is 3.08. The predicted molar refractivity (Wildman–Crippen MR) is 105 cm³/mol. The van der Waals surface area contributed by atoms with E-state index in [4.69, 9.17) is 4.43 Å². The van der Waals surface area contributed by atoms with Gasteiger partial charge in [0.1, 0.15) is 6.10 Å². The Bertz CT molecular complexity index is 544. The lowest BCUT2D eigenvalue weighted by Crippen LogP contribution is -2.52. The van der Waals surface area contributed by atoms with Gasteiger partial charge in [-0.05, 0) is 47.4 Å². The molecule has 0 aliphatic heterocycles. The molecule has 2 atom stereocenters. The highest BCUT2D eigenvalue weighted by atomic mass is 32.2. The molecule has 5 heteroatoms. The molecule has 0 fully saturated rings. The molecule has 0 amide bonds. The third-order valence-electron chi connectivity index (χ3n) is 4.60. The van der Waals surface area contributed by atoms with Gasteiger partial charge in [-0.25, -0.2) is 0 Å². The molecule has 24 heavy (non-hydrogen) atoms. The number of aliphatic hydroxyl groups is 1. The normalized spacial score (nSPS) is 15.9. The van der Waals surface area contributed by atoms with Gasteiger partial charge in [-0.2, -0.15) is 0 Å². The molecular formula is C19H32O3SSi. The van der Waals surface area contributed by atoms with E-state index in [1.165, 1.54) is 0 Å². The number of rotatable bonds is 5. The number of hydrogen-bond acceptors (Lipinski definition) is 4. The van der Waals surface area contributed by atoms with Gasteiger partial charge in [0.25, 0.3) is 0 Å². The number of thioether (sulfide) groups is 1. The smallest absolute Gasteiger partial charge is 0.223 e. The largest absolute Gasteiger partial charge is 0.404 e. The standard InChI is InChI=1S/C19H32O3SSi/c1-18(2,3)16(20)15(22-24(7,8)19(4,5)6)17(21)23-14-12-10-9-11-13-14/h9-13,15-16,20H,1-8H3/t15-,16-/m0/s1. The molecular weight excluding hydrogens is 336 g/mol. The van der Waals surface area contributed by atoms with Crippen LogP contribution in [0.4, 0.5) is 0 Å². The summed E-state index contributed by atoms with van der Waals surface area (Å²) in [6.07, 6.45) is -1.67. The zero-order chi connectivity index (χ0) is 18.8. The minimum Gasteiger partial charge on any atom is -0.404 e. The van der Waals surface area contributed by atoms with Gasteiger partial charge in [0.15, 0.2) is 8.32 Å². The zero-order valence-electron chi connectivity index (χ0n) is 16.2. The molecule has 0 bridgehead atoms. The molecule has 136 valence electrons. The number of hydrogen-bond donors (Lipinski definition) is 1. The molecule has 3 nitrogen and oxygen atoms in total. The summed E-state index contributed by atoms with van der Waals surface area (Å²) in [5.41, 5.74) is -0.431. The Morgan fingerprint density at radius 3 is 2.00 bits per heavy atom. The topological polar surface area (TPSA) is 46.5 Å². The van der Waals surface area contributed by atoms with E-state index in [2.05, 4.69) is 33.9 Å². The van der Waals surface area contributed by atoms with Crippen molar-refractivity contribution in [2.24, 2.45) is 5.41 Å². The average molecular weight is 369 g/mol. The molecule has 0 radical (unpaired) electrons. The van der Waals surface area contributed by atoms with Crippen LogP contribution in [-0.2, 0) is 9.22 Å². The monoisotopic (exact) mass is 368 g/mol. The van der Waals surface area contributed by atoms with Gasteiger partial charge >= 0.3 is 0 Å². The first-order valence-electron chi connectivity index (χ1n) is 8.38. The van der Waals surface area contributed by atoms with Gasteiger partial charge in [-0.1, -0.05) is 59.7 Å². The van der Waals surface area contributed by atoms with Crippen molar-refractivity contribution in [3.8, 4) is 0 Å². The van der Waals surface area contributed by atoms with Crippen molar-refractivity contribution >= 4 is 25.2 Å². The van der Waals surface area contributed by atoms with Crippen molar-refractivity contribution in [1.29, 1.82) is 0 Å². The Hall–Kier alpha value is -0.623. The van der Waals surface area contributed by atoms with Gasteiger partial charge in [-0.15, -0.1) is 0 Å². The lowest BCUT2D eigenvalue weighted by atomic mass is 9.86. The van der Waals surface area contributed by atoms with Crippen LogP contribution in [0.25, 0.3) is 0 Å². The first-order chi connectivity index (χ1) is 10.8. The second-order valence-corrected chi connectivity index (χ2v) is 14.7. The van der Waals surface area contributed by atoms with Crippen LogP contribution in [0.1, 0.15) is 41.5 Å². The van der Waals surface area contributed by atoms with Gasteiger partial charge in [0, 0.05) is 4.90 Å². The lowest BCUT2D eigenvalue weighted by Gasteiger charge is -2.42. The van der Waals surface area contributed by atoms with E-state index in [0.29, 0.717) is 0 Å². The van der Waals surface area contributed by atoms with Gasteiger partial charge in [0.2, 0.25) is 5.12 Å². The Morgan fingerprint density at radius 1 is 1.08 bits per heavy atom. The lowest BCUT2D eigenvalue weighted by molar-refractivity contribution is -0.127. The third kappa shape index (κ3) is 5.72. The summed E-state index contributed by atoms with van der Waals surface area (Å²) in [5.74, 6) is 0. The molecule has 0 spiro atoms. The average Bonchev–Trinajstić information content (AvgIpc) is 2.42. The maximum Gasteiger partial charge on any atom is 0.223 e. The molecule has 0 aromatic heterocycles. The van der Waals surface area contributed by atoms with E-state index in [9.17, 15) is 9.90 Å². The van der Waals surface area contributed by atoms with Crippen LogP contribution in [0, 0.1) is 5.41 Å². The summed E-state index contributed by atoms with van der Waals surface area (Å²) in [4.78, 5) is 13.8. The maximum absolute atomic E-state index is 12.9. The molecule has 0 unspecified atom stereocenters. The number of aliphatic hydroxyl groups excluding tert-OH is 1. The fourth-order valence-electron chi connectivity index (χ4n) is 1.85. The van der Waals surface area contributed by atoms with Gasteiger partial charge in [0.05, 0.1) is 6.10 Å². The minimum atomic E-state index is -2.18. The van der Waals surface area contributed by atoms with E-state index in [0.717, 1.165) is 16.7 Å². The quantitative estimate of drug-likeness (QED) is 0.580. The first kappa shape index (κ1) is 21.4. The highest BCUT2D eigenvalue weighted by Crippen LogP contribution is 2.40. The van der Waals surface area contributed by atoms with E-state index in [-0.39, 0.29) is 10.2 Å². The van der Waals surface area contributed by atoms with Crippen LogP contribution in [-0.4, -0.2) is 30.7 Å². The van der Waals surface area contributed by atoms with E-state index in [1.54, 1.807) is 0 Å². The van der Waals surface area contributed by atoms with Crippen molar-refractivity contribution in [3.05, 3.63) is 30.3 Å². The number of benzene rings is 1. The van der Waals surface area contributed by atoms with Crippen molar-refractivity contribution < 1.29 is 14.3 Å². The van der Waals surface area contributed by atoms with Crippen molar-refractivity contribution in [2.45, 2.75) is 76.8 Å². The predicted octanol–water partition coefficient (Wildman–Crippen LogP) is 5.10. The second kappa shape index (κ2) is 7.73. The van der Waals surface area contributed by atoms with Gasteiger partial charge < -0.3 is 9.53 Å². The summed E-state index contributed by atoms with van der Waals surface area (Å²) in [5, 5.41) is 10.6. The molecule has 0 aliphatic carbocycles. The zero-order valence-corrected chi connectivity index (χ0v) is 18.0. The SMILES string of the molecule is CC(C)(C)[C@@H](O)[C@H](O[Si](C)(C)C(C)(C)C)C(=O)Sc1ccccc1. The van der Waals surface area contributed by atoms with E-state index < -0.39 is 25.9 Å². The van der Waals surface area contributed by atoms with Crippen molar-refractivity contribution in [3.63, 3.8) is 0 Å². The van der Waals surface area contributed by atoms with Crippen LogP contribution in [0.2, 0.25) is 18.1 Å². The molecule has 1 rings (SSSR count). The van der Waals surface area contributed by atoms with Gasteiger partial charge in [-0.3, -0.25) is 4.79 Å². The van der Waals surface area contributed by atoms with E-state index >= 15 is 0 Å². The van der Waals surface area contributed by atoms with Crippen LogP contribution in [0.3, 0.4) is 0 Å². The summed E-state index contributed by atoms with van der Waals surface area (Å²) in [6, 6.07) is 9.52. The molecule has 1 aromatic rings. The molecule has 1 N–H and O–H groups in total. The molecule has 0 saturated carbocycles. The van der Waals surface area contributed by atoms with Crippen LogP contribution < -0.4 is 0 Å². The fraction of sp³-hybridized carbons (Fsp3) is 0.632. The molecule has 0 heterocycles. The van der Waals surface area contributed by atoms with Crippen molar-refractivity contribution in [1.82, 2.24) is 0 Å². The first-order valence-corrected chi connectivity index (χ1v) is 12.1. The number of carbonyl (C=O) groups excluding carboxylic acids is 1. The molecule has 0 aliphatic rings. The van der Waals surface area contributed by atoms with Crippen LogP contribution in [0.15, 0.2) is 35.2 Å². The Kier molecular flexibility index (Phi) is 6.90. The number of carbonyl (C=O) groups is 1. The van der Waals surface area contributed by atoms with Crippen LogP contribution in [0.5, 0.6) is 0 Å². The summed E-state index contributed by atoms with van der Waals surface area (Å²) >= 11 is 1.15. The highest BCUT2D eigenvalue weighted by Gasteiger charge is 2.45. The summed E-state index contributed by atoms with van der Waals surface area (Å²) in [6.45, 7) is 16.4. The summed E-state index contributed by atoms with van der Waals surface area (Å²) in [7, 11) is -2.18. The van der Waals surface area contributed by atoms with E-state index in [1.807, 2.05) is 51.1 Å². The van der Waals surface area contributed by atoms with Crippen molar-refractivity contribution in [2.75, 3.05) is 0 Å². The summed E-state index contributed by atoms with van der Waals surface area (Å²) < 4.78 is 6.34. The third-order valence-corrected chi connectivity index (χ3v) is 9.99. The second-order valence-electron chi connectivity index (χ2n) is 8.84.